The maximum Gasteiger partial charge on any atom is 0.321 e. The van der Waals surface area contributed by atoms with E-state index in [-0.39, 0.29) is 11.9 Å². The molecule has 172 valence electrons. The van der Waals surface area contributed by atoms with E-state index in [1.165, 1.54) is 0 Å². The fraction of sp³-hybridized carbons (Fsp3) is 0.192. The van der Waals surface area contributed by atoms with Crippen molar-refractivity contribution < 1.29 is 14.0 Å². The molecule has 7 nitrogen and oxygen atoms in total. The molecular formula is C26H23ClN4O3. The topological polar surface area (TPSA) is 78.7 Å². The number of anilines is 1. The molecule has 5 rings (SSSR count). The van der Waals surface area contributed by atoms with E-state index >= 15 is 0 Å². The first kappa shape index (κ1) is 22.0. The van der Waals surface area contributed by atoms with Gasteiger partial charge in [0.2, 0.25) is 0 Å². The normalized spacial score (nSPS) is 14.1. The van der Waals surface area contributed by atoms with Gasteiger partial charge < -0.3 is 19.5 Å². The Balaban J connectivity index is 1.35. The number of halogens is 1. The number of para-hydroxylation sites is 1. The number of rotatable bonds is 3. The number of benzene rings is 2. The molecule has 4 aromatic rings. The molecule has 0 atom stereocenters. The van der Waals surface area contributed by atoms with Crippen LogP contribution in [0.3, 0.4) is 0 Å². The molecular weight excluding hydrogens is 452 g/mol. The highest BCUT2D eigenvalue weighted by Gasteiger charge is 2.25. The average molecular weight is 475 g/mol. The first-order valence-corrected chi connectivity index (χ1v) is 11.5. The lowest BCUT2D eigenvalue weighted by atomic mass is 10.1. The van der Waals surface area contributed by atoms with Gasteiger partial charge in [-0.1, -0.05) is 35.9 Å². The Morgan fingerprint density at radius 2 is 1.74 bits per heavy atom. The quantitative estimate of drug-likeness (QED) is 0.423. The standard InChI is InChI=1S/C26H23ClN4O3/c27-18-6-3-7-19(16-18)28-26(33)31-12-5-11-30(13-14-31)25(32)21-17-23(24-10-4-15-34-24)29-22-9-2-1-8-20(21)22/h1-4,6-10,15-17H,5,11-14H2,(H,28,33). The van der Waals surface area contributed by atoms with Crippen molar-refractivity contribution in [2.24, 2.45) is 0 Å². The van der Waals surface area contributed by atoms with E-state index in [1.54, 1.807) is 52.5 Å². The summed E-state index contributed by atoms with van der Waals surface area (Å²) in [6.07, 6.45) is 2.27. The summed E-state index contributed by atoms with van der Waals surface area (Å²) in [5.74, 6) is 0.531. The number of furan rings is 1. The summed E-state index contributed by atoms with van der Waals surface area (Å²) in [6, 6.07) is 19.9. The molecule has 8 heteroatoms. The van der Waals surface area contributed by atoms with Gasteiger partial charge in [0, 0.05) is 42.3 Å². The van der Waals surface area contributed by atoms with Gasteiger partial charge >= 0.3 is 6.03 Å². The summed E-state index contributed by atoms with van der Waals surface area (Å²) in [5.41, 5.74) is 2.57. The van der Waals surface area contributed by atoms with Crippen molar-refractivity contribution in [3.63, 3.8) is 0 Å². The van der Waals surface area contributed by atoms with Crippen LogP contribution >= 0.6 is 11.6 Å². The second-order valence-corrected chi connectivity index (χ2v) is 8.56. The minimum atomic E-state index is -0.203. The first-order valence-electron chi connectivity index (χ1n) is 11.1. The number of carbonyl (C=O) groups is 2. The molecule has 0 spiro atoms. The fourth-order valence-corrected chi connectivity index (χ4v) is 4.36. The predicted octanol–water partition coefficient (Wildman–Crippen LogP) is 5.53. The summed E-state index contributed by atoms with van der Waals surface area (Å²) in [7, 11) is 0. The van der Waals surface area contributed by atoms with Crippen molar-refractivity contribution in [1.29, 1.82) is 0 Å². The van der Waals surface area contributed by atoms with Gasteiger partial charge in [0.05, 0.1) is 17.3 Å². The number of hydrogen-bond donors (Lipinski definition) is 1. The number of amides is 3. The monoisotopic (exact) mass is 474 g/mol. The van der Waals surface area contributed by atoms with E-state index in [1.807, 2.05) is 30.3 Å². The van der Waals surface area contributed by atoms with Crippen LogP contribution < -0.4 is 5.32 Å². The zero-order valence-electron chi connectivity index (χ0n) is 18.4. The highest BCUT2D eigenvalue weighted by atomic mass is 35.5. The third-order valence-electron chi connectivity index (χ3n) is 5.87. The molecule has 0 saturated carbocycles. The van der Waals surface area contributed by atoms with E-state index in [2.05, 4.69) is 10.3 Å². The minimum Gasteiger partial charge on any atom is -0.463 e. The summed E-state index contributed by atoms with van der Waals surface area (Å²) < 4.78 is 5.52. The van der Waals surface area contributed by atoms with Crippen LogP contribution in [0.25, 0.3) is 22.4 Å². The van der Waals surface area contributed by atoms with Crippen LogP contribution in [0.15, 0.2) is 77.4 Å². The molecule has 2 aromatic heterocycles. The van der Waals surface area contributed by atoms with Gasteiger partial charge in [-0.15, -0.1) is 0 Å². The summed E-state index contributed by atoms with van der Waals surface area (Å²) in [5, 5.41) is 4.24. The number of nitrogens with zero attached hydrogens (tertiary/aromatic N) is 3. The number of hydrogen-bond acceptors (Lipinski definition) is 4. The molecule has 34 heavy (non-hydrogen) atoms. The van der Waals surface area contributed by atoms with E-state index in [0.717, 1.165) is 10.9 Å². The molecule has 1 N–H and O–H groups in total. The Kier molecular flexibility index (Phi) is 6.18. The third kappa shape index (κ3) is 4.61. The van der Waals surface area contributed by atoms with E-state index in [4.69, 9.17) is 16.0 Å². The van der Waals surface area contributed by atoms with Crippen molar-refractivity contribution >= 4 is 40.1 Å². The highest BCUT2D eigenvalue weighted by Crippen LogP contribution is 2.26. The second-order valence-electron chi connectivity index (χ2n) is 8.12. The van der Waals surface area contributed by atoms with Crippen molar-refractivity contribution in [2.75, 3.05) is 31.5 Å². The number of aromatic nitrogens is 1. The molecule has 0 aliphatic carbocycles. The maximum atomic E-state index is 13.6. The van der Waals surface area contributed by atoms with Gasteiger partial charge in [0.1, 0.15) is 5.69 Å². The van der Waals surface area contributed by atoms with Gasteiger partial charge in [-0.25, -0.2) is 9.78 Å². The van der Waals surface area contributed by atoms with Crippen molar-refractivity contribution in [1.82, 2.24) is 14.8 Å². The SMILES string of the molecule is O=C(Nc1cccc(Cl)c1)N1CCCN(C(=O)c2cc(-c3ccco3)nc3ccccc23)CC1. The number of nitrogens with one attached hydrogen (secondary N) is 1. The molecule has 0 radical (unpaired) electrons. The zero-order chi connectivity index (χ0) is 23.5. The Morgan fingerprint density at radius 1 is 0.912 bits per heavy atom. The minimum absolute atomic E-state index is 0.0801. The van der Waals surface area contributed by atoms with Crippen LogP contribution in [0.4, 0.5) is 10.5 Å². The second kappa shape index (κ2) is 9.57. The number of pyridine rings is 1. The van der Waals surface area contributed by atoms with Crippen molar-refractivity contribution in [2.45, 2.75) is 6.42 Å². The number of fused-ring (bicyclic) bond motifs is 1. The predicted molar refractivity (Wildman–Crippen MR) is 132 cm³/mol. The van der Waals surface area contributed by atoms with Crippen molar-refractivity contribution in [3.05, 3.63) is 83.6 Å². The van der Waals surface area contributed by atoms with Gasteiger partial charge in [-0.05, 0) is 48.9 Å². The molecule has 0 unspecified atom stereocenters. The molecule has 1 fully saturated rings. The molecule has 1 aliphatic heterocycles. The maximum absolute atomic E-state index is 13.6. The largest absolute Gasteiger partial charge is 0.463 e. The molecule has 3 heterocycles. The Bertz CT molecular complexity index is 1340. The average Bonchev–Trinajstić information content (AvgIpc) is 3.27. The third-order valence-corrected chi connectivity index (χ3v) is 6.10. The summed E-state index contributed by atoms with van der Waals surface area (Å²) >= 11 is 6.02. The van der Waals surface area contributed by atoms with E-state index < -0.39 is 0 Å². The molecule has 1 saturated heterocycles. The Labute approximate surface area is 201 Å². The zero-order valence-corrected chi connectivity index (χ0v) is 19.2. The van der Waals surface area contributed by atoms with Crippen LogP contribution in [-0.2, 0) is 0 Å². The van der Waals surface area contributed by atoms with Crippen LogP contribution in [0.2, 0.25) is 5.02 Å². The van der Waals surface area contributed by atoms with Crippen LogP contribution in [0.5, 0.6) is 0 Å². The number of carbonyl (C=O) groups excluding carboxylic acids is 2. The van der Waals surface area contributed by atoms with Crippen LogP contribution in [-0.4, -0.2) is 52.9 Å². The summed E-state index contributed by atoms with van der Waals surface area (Å²) in [4.78, 5) is 34.6. The first-order chi connectivity index (χ1) is 16.6. The lowest BCUT2D eigenvalue weighted by Crippen LogP contribution is -2.39. The lowest BCUT2D eigenvalue weighted by Gasteiger charge is -2.23. The van der Waals surface area contributed by atoms with E-state index in [9.17, 15) is 9.59 Å². The van der Waals surface area contributed by atoms with Crippen LogP contribution in [0.1, 0.15) is 16.8 Å². The van der Waals surface area contributed by atoms with Gasteiger partial charge in [0.25, 0.3) is 5.91 Å². The fourth-order valence-electron chi connectivity index (χ4n) is 4.17. The highest BCUT2D eigenvalue weighted by molar-refractivity contribution is 6.30. The molecule has 2 aromatic carbocycles. The molecule has 3 amide bonds. The van der Waals surface area contributed by atoms with Gasteiger partial charge in [0.15, 0.2) is 5.76 Å². The smallest absolute Gasteiger partial charge is 0.321 e. The van der Waals surface area contributed by atoms with Crippen LogP contribution in [0, 0.1) is 0 Å². The number of urea groups is 1. The Hall–Kier alpha value is -3.84. The Morgan fingerprint density at radius 3 is 2.56 bits per heavy atom. The van der Waals surface area contributed by atoms with Gasteiger partial charge in [-0.2, -0.15) is 0 Å². The molecule has 1 aliphatic rings. The van der Waals surface area contributed by atoms with E-state index in [0.29, 0.717) is 60.3 Å². The molecule has 0 bridgehead atoms. The lowest BCUT2D eigenvalue weighted by molar-refractivity contribution is 0.0764. The van der Waals surface area contributed by atoms with Gasteiger partial charge in [-0.3, -0.25) is 4.79 Å². The van der Waals surface area contributed by atoms with Crippen molar-refractivity contribution in [3.8, 4) is 11.5 Å². The summed E-state index contributed by atoms with van der Waals surface area (Å²) in [6.45, 7) is 2.00.